The first-order valence-electron chi connectivity index (χ1n) is 7.69. The number of sulfone groups is 1. The molecule has 0 aliphatic rings. The summed E-state index contributed by atoms with van der Waals surface area (Å²) < 4.78 is 52.1. The molecule has 0 spiro atoms. The second-order valence-corrected chi connectivity index (χ2v) is 10.3. The molecule has 27 heavy (non-hydrogen) atoms. The Hall–Kier alpha value is -2.49. The van der Waals surface area contributed by atoms with E-state index in [2.05, 4.69) is 4.72 Å². The molecule has 1 heterocycles. The fraction of sp³-hybridized carbons (Fsp3) is 0.0556. The Morgan fingerprint density at radius 3 is 2.15 bits per heavy atom. The number of nitrogens with one attached hydrogen (secondary N) is 1. The summed E-state index contributed by atoms with van der Waals surface area (Å²) in [4.78, 5) is 11.8. The molecule has 0 saturated heterocycles. The highest BCUT2D eigenvalue weighted by molar-refractivity contribution is 7.95. The predicted octanol–water partition coefficient (Wildman–Crippen LogP) is 3.18. The van der Waals surface area contributed by atoms with Gasteiger partial charge in [-0.1, -0.05) is 30.3 Å². The molecule has 0 unspecified atom stereocenters. The van der Waals surface area contributed by atoms with Crippen molar-refractivity contribution in [2.45, 2.75) is 9.79 Å². The van der Waals surface area contributed by atoms with Crippen molar-refractivity contribution >= 4 is 42.0 Å². The van der Waals surface area contributed by atoms with Gasteiger partial charge in [-0.2, -0.15) is 0 Å². The third-order valence-corrected chi connectivity index (χ3v) is 7.29. The van der Waals surface area contributed by atoms with Crippen molar-refractivity contribution in [3.8, 4) is 0 Å². The van der Waals surface area contributed by atoms with Gasteiger partial charge in [0.25, 0.3) is 10.0 Å². The highest BCUT2D eigenvalue weighted by atomic mass is 32.2. The van der Waals surface area contributed by atoms with E-state index in [0.717, 1.165) is 18.4 Å². The Morgan fingerprint density at radius 2 is 1.56 bits per heavy atom. The molecule has 0 atom stereocenters. The van der Waals surface area contributed by atoms with E-state index in [1.54, 1.807) is 47.8 Å². The van der Waals surface area contributed by atoms with E-state index in [1.807, 2.05) is 0 Å². The van der Waals surface area contributed by atoms with Crippen molar-refractivity contribution in [1.82, 2.24) is 0 Å². The maximum Gasteiger partial charge on any atom is 0.263 e. The van der Waals surface area contributed by atoms with Crippen molar-refractivity contribution in [2.24, 2.45) is 0 Å². The lowest BCUT2D eigenvalue weighted by Crippen LogP contribution is -2.17. The minimum Gasteiger partial charge on any atom is -0.289 e. The molecule has 1 N–H and O–H groups in total. The van der Waals surface area contributed by atoms with Crippen LogP contribution in [0.25, 0.3) is 0 Å². The van der Waals surface area contributed by atoms with Crippen LogP contribution in [0, 0.1) is 0 Å². The number of carbonyl (C=O) groups is 1. The monoisotopic (exact) mass is 421 g/mol. The van der Waals surface area contributed by atoms with Gasteiger partial charge in [0.05, 0.1) is 4.90 Å². The lowest BCUT2D eigenvalue weighted by atomic mass is 10.0. The van der Waals surface area contributed by atoms with Crippen LogP contribution >= 0.6 is 11.3 Å². The number of hydrogen-bond donors (Lipinski definition) is 1. The SMILES string of the molecule is CS(=O)(=O)c1cc(C(=O)c2ccccc2)ccc1S(=O)(=O)Nc1cccs1. The highest BCUT2D eigenvalue weighted by Gasteiger charge is 2.26. The van der Waals surface area contributed by atoms with Crippen LogP contribution in [0.1, 0.15) is 15.9 Å². The average Bonchev–Trinajstić information content (AvgIpc) is 3.13. The van der Waals surface area contributed by atoms with Gasteiger partial charge in [0, 0.05) is 17.4 Å². The zero-order chi connectivity index (χ0) is 19.7. The van der Waals surface area contributed by atoms with Gasteiger partial charge in [-0.05, 0) is 35.7 Å². The zero-order valence-electron chi connectivity index (χ0n) is 14.1. The second kappa shape index (κ2) is 7.26. The number of anilines is 1. The summed E-state index contributed by atoms with van der Waals surface area (Å²) in [5.74, 6) is -0.393. The van der Waals surface area contributed by atoms with E-state index < -0.39 is 35.4 Å². The summed E-state index contributed by atoms with van der Waals surface area (Å²) in [6, 6.07) is 15.1. The number of sulfonamides is 1. The van der Waals surface area contributed by atoms with Crippen molar-refractivity contribution in [1.29, 1.82) is 0 Å². The van der Waals surface area contributed by atoms with E-state index in [-0.39, 0.29) is 5.56 Å². The highest BCUT2D eigenvalue weighted by Crippen LogP contribution is 2.27. The third kappa shape index (κ3) is 4.26. The molecule has 3 aromatic rings. The first-order valence-corrected chi connectivity index (χ1v) is 11.9. The number of thiophene rings is 1. The summed E-state index contributed by atoms with van der Waals surface area (Å²) in [7, 11) is -8.04. The minimum atomic E-state index is -4.13. The predicted molar refractivity (Wildman–Crippen MR) is 105 cm³/mol. The number of ketones is 1. The molecule has 0 aliphatic heterocycles. The van der Waals surface area contributed by atoms with Crippen molar-refractivity contribution in [3.63, 3.8) is 0 Å². The Labute approximate surface area is 161 Å². The van der Waals surface area contributed by atoms with Gasteiger partial charge in [0.1, 0.15) is 9.90 Å². The molecule has 0 saturated carbocycles. The van der Waals surface area contributed by atoms with Crippen LogP contribution in [0.3, 0.4) is 0 Å². The minimum absolute atomic E-state index is 0.0942. The maximum atomic E-state index is 12.7. The van der Waals surface area contributed by atoms with Crippen LogP contribution < -0.4 is 4.72 Å². The van der Waals surface area contributed by atoms with E-state index in [9.17, 15) is 21.6 Å². The molecule has 1 aromatic heterocycles. The molecule has 140 valence electrons. The quantitative estimate of drug-likeness (QED) is 0.617. The molecule has 0 radical (unpaired) electrons. The lowest BCUT2D eigenvalue weighted by Gasteiger charge is -2.12. The Morgan fingerprint density at radius 1 is 0.852 bits per heavy atom. The van der Waals surface area contributed by atoms with E-state index >= 15 is 0 Å². The molecule has 3 rings (SSSR count). The third-order valence-electron chi connectivity index (χ3n) is 3.69. The summed E-state index contributed by atoms with van der Waals surface area (Å²) in [5, 5.41) is 2.05. The van der Waals surface area contributed by atoms with Crippen LogP contribution in [0.4, 0.5) is 5.00 Å². The molecule has 6 nitrogen and oxygen atoms in total. The summed E-state index contributed by atoms with van der Waals surface area (Å²) >= 11 is 1.17. The molecule has 0 bridgehead atoms. The zero-order valence-corrected chi connectivity index (χ0v) is 16.6. The lowest BCUT2D eigenvalue weighted by molar-refractivity contribution is 0.103. The molecular weight excluding hydrogens is 406 g/mol. The Balaban J connectivity index is 2.10. The summed E-state index contributed by atoms with van der Waals surface area (Å²) in [5.41, 5.74) is 0.473. The Bertz CT molecular complexity index is 1180. The smallest absolute Gasteiger partial charge is 0.263 e. The van der Waals surface area contributed by atoms with Crippen molar-refractivity contribution in [3.05, 3.63) is 77.2 Å². The summed E-state index contributed by atoms with van der Waals surface area (Å²) in [6.45, 7) is 0. The van der Waals surface area contributed by atoms with Gasteiger partial charge in [-0.3, -0.25) is 9.52 Å². The van der Waals surface area contributed by atoms with Crippen LogP contribution in [-0.4, -0.2) is 28.9 Å². The number of benzene rings is 2. The van der Waals surface area contributed by atoms with Crippen LogP contribution in [0.2, 0.25) is 0 Å². The number of rotatable bonds is 6. The van der Waals surface area contributed by atoms with E-state index in [0.29, 0.717) is 10.6 Å². The van der Waals surface area contributed by atoms with Gasteiger partial charge in [0.15, 0.2) is 15.6 Å². The average molecular weight is 422 g/mol. The molecule has 9 heteroatoms. The van der Waals surface area contributed by atoms with Gasteiger partial charge in [0.2, 0.25) is 0 Å². The van der Waals surface area contributed by atoms with Crippen LogP contribution in [0.5, 0.6) is 0 Å². The molecule has 0 aliphatic carbocycles. The Kier molecular flexibility index (Phi) is 5.18. The number of hydrogen-bond acceptors (Lipinski definition) is 6. The molecule has 0 amide bonds. The maximum absolute atomic E-state index is 12.7. The number of carbonyl (C=O) groups excluding carboxylic acids is 1. The van der Waals surface area contributed by atoms with E-state index in [4.69, 9.17) is 0 Å². The first kappa shape index (κ1) is 19.3. The van der Waals surface area contributed by atoms with Gasteiger partial charge >= 0.3 is 0 Å². The largest absolute Gasteiger partial charge is 0.289 e. The second-order valence-electron chi connectivity index (χ2n) is 5.71. The van der Waals surface area contributed by atoms with Gasteiger partial charge < -0.3 is 0 Å². The first-order chi connectivity index (χ1) is 12.7. The normalized spacial score (nSPS) is 11.9. The van der Waals surface area contributed by atoms with E-state index in [1.165, 1.54) is 17.4 Å². The van der Waals surface area contributed by atoms with Gasteiger partial charge in [-0.15, -0.1) is 11.3 Å². The van der Waals surface area contributed by atoms with Crippen LogP contribution in [-0.2, 0) is 19.9 Å². The standard InChI is InChI=1S/C18H15NO5S3/c1-26(21,22)16-12-14(18(20)13-6-3-2-4-7-13)9-10-15(16)27(23,24)19-17-8-5-11-25-17/h2-12,19H,1H3. The summed E-state index contributed by atoms with van der Waals surface area (Å²) in [6.07, 6.45) is 0.906. The van der Waals surface area contributed by atoms with Crippen molar-refractivity contribution < 1.29 is 21.6 Å². The fourth-order valence-corrected chi connectivity index (χ4v) is 6.00. The molecular formula is C18H15NO5S3. The molecule has 0 fully saturated rings. The molecule has 2 aromatic carbocycles. The van der Waals surface area contributed by atoms with Crippen LogP contribution in [0.15, 0.2) is 75.8 Å². The van der Waals surface area contributed by atoms with Crippen molar-refractivity contribution in [2.75, 3.05) is 11.0 Å². The topological polar surface area (TPSA) is 97.4 Å². The van der Waals surface area contributed by atoms with Gasteiger partial charge in [-0.25, -0.2) is 16.8 Å². The fourth-order valence-electron chi connectivity index (χ4n) is 2.44.